The van der Waals surface area contributed by atoms with E-state index in [1.807, 2.05) is 12.1 Å². The summed E-state index contributed by atoms with van der Waals surface area (Å²) in [4.78, 5) is 4.82. The molecule has 1 aliphatic carbocycles. The summed E-state index contributed by atoms with van der Waals surface area (Å²) in [6.45, 7) is 2.30. The first-order chi connectivity index (χ1) is 10.3. The summed E-state index contributed by atoms with van der Waals surface area (Å²) in [7, 11) is 0. The van der Waals surface area contributed by atoms with Gasteiger partial charge in [0.1, 0.15) is 0 Å². The molecule has 0 bridgehead atoms. The molecule has 1 fully saturated rings. The summed E-state index contributed by atoms with van der Waals surface area (Å²) in [6, 6.07) is 12.7. The molecule has 1 aliphatic rings. The highest BCUT2D eigenvalue weighted by atomic mass is 15.2. The van der Waals surface area contributed by atoms with E-state index in [2.05, 4.69) is 36.6 Å². The maximum absolute atomic E-state index is 5.86. The molecule has 1 unspecified atom stereocenters. The topological polar surface area (TPSA) is 50.9 Å². The average Bonchev–Trinajstić information content (AvgIpc) is 2.56. The Morgan fingerprint density at radius 2 is 1.90 bits per heavy atom. The third kappa shape index (κ3) is 3.09. The van der Waals surface area contributed by atoms with Crippen LogP contribution in [0.4, 0.5) is 0 Å². The van der Waals surface area contributed by atoms with Crippen molar-refractivity contribution in [2.45, 2.75) is 45.1 Å². The highest BCUT2D eigenvalue weighted by Gasteiger charge is 2.28. The van der Waals surface area contributed by atoms with Gasteiger partial charge in [-0.15, -0.1) is 0 Å². The van der Waals surface area contributed by atoms with Crippen LogP contribution in [-0.2, 0) is 0 Å². The van der Waals surface area contributed by atoms with Gasteiger partial charge in [-0.25, -0.2) is 0 Å². The molecule has 1 heterocycles. The van der Waals surface area contributed by atoms with Gasteiger partial charge in [0.05, 0.1) is 17.3 Å². The van der Waals surface area contributed by atoms with Gasteiger partial charge in [0.2, 0.25) is 0 Å². The first kappa shape index (κ1) is 14.5. The summed E-state index contributed by atoms with van der Waals surface area (Å²) in [5, 5.41) is 1.19. The number of hydrogen-bond acceptors (Lipinski definition) is 3. The van der Waals surface area contributed by atoms with Crippen LogP contribution in [0.15, 0.2) is 36.4 Å². The lowest BCUT2D eigenvalue weighted by Gasteiger charge is -2.33. The lowest BCUT2D eigenvalue weighted by atomic mass is 9.77. The molecule has 0 amide bonds. The third-order valence-corrected chi connectivity index (χ3v) is 5.06. The Kier molecular flexibility index (Phi) is 4.51. The molecule has 0 radical (unpaired) electrons. The van der Waals surface area contributed by atoms with Crippen LogP contribution in [0.3, 0.4) is 0 Å². The number of nitrogens with one attached hydrogen (secondary N) is 1. The van der Waals surface area contributed by atoms with E-state index in [1.165, 1.54) is 37.5 Å². The van der Waals surface area contributed by atoms with Gasteiger partial charge in [-0.2, -0.15) is 0 Å². The van der Waals surface area contributed by atoms with Crippen molar-refractivity contribution in [1.29, 1.82) is 0 Å². The Labute approximate surface area is 126 Å². The van der Waals surface area contributed by atoms with E-state index >= 15 is 0 Å². The summed E-state index contributed by atoms with van der Waals surface area (Å²) in [5.74, 6) is 7.37. The van der Waals surface area contributed by atoms with Gasteiger partial charge in [-0.1, -0.05) is 50.5 Å². The molecule has 21 heavy (non-hydrogen) atoms. The number of fused-ring (bicyclic) bond motifs is 1. The predicted molar refractivity (Wildman–Crippen MR) is 87.5 cm³/mol. The van der Waals surface area contributed by atoms with Crippen molar-refractivity contribution in [2.24, 2.45) is 17.7 Å². The Bertz CT molecular complexity index is 588. The van der Waals surface area contributed by atoms with E-state index in [0.29, 0.717) is 5.92 Å². The second-order valence-corrected chi connectivity index (χ2v) is 6.26. The Balaban J connectivity index is 1.81. The van der Waals surface area contributed by atoms with E-state index in [0.717, 1.165) is 17.1 Å². The summed E-state index contributed by atoms with van der Waals surface area (Å²) < 4.78 is 0. The minimum atomic E-state index is 0.174. The summed E-state index contributed by atoms with van der Waals surface area (Å²) in [5.41, 5.74) is 5.16. The van der Waals surface area contributed by atoms with Crippen LogP contribution in [-0.4, -0.2) is 4.98 Å². The minimum Gasteiger partial charge on any atom is -0.271 e. The van der Waals surface area contributed by atoms with Gasteiger partial charge in [0.25, 0.3) is 0 Å². The predicted octanol–water partition coefficient (Wildman–Crippen LogP) is 3.96. The maximum atomic E-state index is 5.86. The van der Waals surface area contributed by atoms with Gasteiger partial charge in [0, 0.05) is 5.39 Å². The Hall–Kier alpha value is -1.45. The molecule has 112 valence electrons. The zero-order valence-electron chi connectivity index (χ0n) is 12.8. The van der Waals surface area contributed by atoms with Crippen molar-refractivity contribution in [1.82, 2.24) is 10.4 Å². The third-order valence-electron chi connectivity index (χ3n) is 5.06. The van der Waals surface area contributed by atoms with Crippen LogP contribution < -0.4 is 11.3 Å². The standard InChI is InChI=1S/C18H25N3/c1-2-13-7-9-15(10-8-13)18(21-19)17-12-11-14-5-3-4-6-16(14)20-17/h3-6,11-13,15,18,21H,2,7-10,19H2,1H3. The van der Waals surface area contributed by atoms with Crippen molar-refractivity contribution in [3.8, 4) is 0 Å². The van der Waals surface area contributed by atoms with Crippen LogP contribution in [0.1, 0.15) is 50.8 Å². The van der Waals surface area contributed by atoms with Crippen molar-refractivity contribution in [2.75, 3.05) is 0 Å². The first-order valence-corrected chi connectivity index (χ1v) is 8.13. The number of hydrazine groups is 1. The maximum Gasteiger partial charge on any atom is 0.0706 e. The van der Waals surface area contributed by atoms with Crippen molar-refractivity contribution < 1.29 is 0 Å². The Morgan fingerprint density at radius 3 is 2.62 bits per heavy atom. The highest BCUT2D eigenvalue weighted by Crippen LogP contribution is 2.37. The number of rotatable bonds is 4. The second kappa shape index (κ2) is 6.54. The lowest BCUT2D eigenvalue weighted by Crippen LogP contribution is -2.35. The van der Waals surface area contributed by atoms with Gasteiger partial charge >= 0.3 is 0 Å². The number of benzene rings is 1. The van der Waals surface area contributed by atoms with Crippen LogP contribution >= 0.6 is 0 Å². The van der Waals surface area contributed by atoms with E-state index in [9.17, 15) is 0 Å². The smallest absolute Gasteiger partial charge is 0.0706 e. The molecule has 3 nitrogen and oxygen atoms in total. The van der Waals surface area contributed by atoms with Gasteiger partial charge in [0.15, 0.2) is 0 Å². The molecule has 1 aromatic heterocycles. The van der Waals surface area contributed by atoms with Gasteiger partial charge < -0.3 is 0 Å². The monoisotopic (exact) mass is 283 g/mol. The van der Waals surface area contributed by atoms with Crippen LogP contribution in [0.5, 0.6) is 0 Å². The number of nitrogens with two attached hydrogens (primary N) is 1. The molecule has 3 rings (SSSR count). The lowest BCUT2D eigenvalue weighted by molar-refractivity contribution is 0.217. The average molecular weight is 283 g/mol. The quantitative estimate of drug-likeness (QED) is 0.659. The molecule has 2 aromatic rings. The number of para-hydroxylation sites is 1. The van der Waals surface area contributed by atoms with Crippen molar-refractivity contribution in [3.63, 3.8) is 0 Å². The van der Waals surface area contributed by atoms with Crippen LogP contribution in [0.2, 0.25) is 0 Å². The number of aromatic nitrogens is 1. The normalized spacial score (nSPS) is 24.1. The van der Waals surface area contributed by atoms with Crippen molar-refractivity contribution >= 4 is 10.9 Å². The molecule has 3 heteroatoms. The summed E-state index contributed by atoms with van der Waals surface area (Å²) in [6.07, 6.45) is 6.46. The minimum absolute atomic E-state index is 0.174. The SMILES string of the molecule is CCC1CCC(C(NN)c2ccc3ccccc3n2)CC1. The van der Waals surface area contributed by atoms with E-state index in [-0.39, 0.29) is 6.04 Å². The molecule has 0 aliphatic heterocycles. The number of nitrogens with zero attached hydrogens (tertiary/aromatic N) is 1. The molecule has 1 saturated carbocycles. The molecular weight excluding hydrogens is 258 g/mol. The molecule has 3 N–H and O–H groups in total. The fourth-order valence-corrected chi connectivity index (χ4v) is 3.65. The van der Waals surface area contributed by atoms with E-state index in [4.69, 9.17) is 10.8 Å². The zero-order chi connectivity index (χ0) is 14.7. The molecule has 1 atom stereocenters. The van der Waals surface area contributed by atoms with Gasteiger partial charge in [-0.3, -0.25) is 16.3 Å². The van der Waals surface area contributed by atoms with Crippen LogP contribution in [0.25, 0.3) is 10.9 Å². The second-order valence-electron chi connectivity index (χ2n) is 6.26. The molecule has 0 spiro atoms. The fourth-order valence-electron chi connectivity index (χ4n) is 3.65. The largest absolute Gasteiger partial charge is 0.271 e. The zero-order valence-corrected chi connectivity index (χ0v) is 12.8. The fraction of sp³-hybridized carbons (Fsp3) is 0.500. The van der Waals surface area contributed by atoms with E-state index < -0.39 is 0 Å². The highest BCUT2D eigenvalue weighted by molar-refractivity contribution is 5.78. The van der Waals surface area contributed by atoms with E-state index in [1.54, 1.807) is 0 Å². The summed E-state index contributed by atoms with van der Waals surface area (Å²) >= 11 is 0. The Morgan fingerprint density at radius 1 is 1.14 bits per heavy atom. The van der Waals surface area contributed by atoms with Crippen molar-refractivity contribution in [3.05, 3.63) is 42.1 Å². The number of hydrogen-bond donors (Lipinski definition) is 2. The molecular formula is C18H25N3. The number of pyridine rings is 1. The van der Waals surface area contributed by atoms with Gasteiger partial charge in [-0.05, 0) is 36.8 Å². The molecule has 0 saturated heterocycles. The molecule has 1 aromatic carbocycles. The first-order valence-electron chi connectivity index (χ1n) is 8.13. The van der Waals surface area contributed by atoms with Crippen LogP contribution in [0, 0.1) is 11.8 Å².